The van der Waals surface area contributed by atoms with Crippen LogP contribution in [-0.2, 0) is 6.42 Å². The van der Waals surface area contributed by atoms with Crippen molar-refractivity contribution in [1.82, 2.24) is 0 Å². The minimum atomic E-state index is -0.294. The molecule has 0 amide bonds. The topological polar surface area (TPSA) is 90.2 Å². The minimum Gasteiger partial charge on any atom is -0.504 e. The monoisotopic (exact) mass is 510 g/mol. The van der Waals surface area contributed by atoms with Crippen molar-refractivity contribution < 1.29 is 25.2 Å². The van der Waals surface area contributed by atoms with Crippen LogP contribution in [-0.4, -0.2) is 27.0 Å². The fraction of sp³-hybridized carbons (Fsp3) is 0.200. The molecule has 0 spiro atoms. The zero-order chi connectivity index (χ0) is 17.3. The highest BCUT2D eigenvalue weighted by atomic mass is 79.9. The number of rotatable bonds is 4. The lowest BCUT2D eigenvalue weighted by atomic mass is 10.0. The Morgan fingerprint density at radius 3 is 2.04 bits per heavy atom. The average molecular weight is 513 g/mol. The summed E-state index contributed by atoms with van der Waals surface area (Å²) in [5.74, 6) is -0.713. The van der Waals surface area contributed by atoms with Gasteiger partial charge in [-0.05, 0) is 66.3 Å². The van der Waals surface area contributed by atoms with Gasteiger partial charge in [0.2, 0.25) is 0 Å². The summed E-state index contributed by atoms with van der Waals surface area (Å²) in [6.07, 6.45) is 0.275. The fourth-order valence-corrected chi connectivity index (χ4v) is 3.50. The summed E-state index contributed by atoms with van der Waals surface area (Å²) < 4.78 is 6.70. The van der Waals surface area contributed by atoms with Gasteiger partial charge in [-0.2, -0.15) is 0 Å². The summed E-state index contributed by atoms with van der Waals surface area (Å²) in [5.41, 5.74) is 1.25. The number of aromatic hydroxyl groups is 4. The molecule has 0 unspecified atom stereocenters. The number of phenolic OH excluding ortho intramolecular Hbond substituents is 4. The summed E-state index contributed by atoms with van der Waals surface area (Å²) in [5, 5.41) is 39.2. The van der Waals surface area contributed by atoms with E-state index in [0.717, 1.165) is 0 Å². The highest BCUT2D eigenvalue weighted by Gasteiger charge is 2.20. The second-order valence-electron chi connectivity index (χ2n) is 4.68. The van der Waals surface area contributed by atoms with Crippen molar-refractivity contribution >= 4 is 47.8 Å². The molecule has 0 fully saturated rings. The third-order valence-corrected chi connectivity index (χ3v) is 6.25. The molecular weight excluding hydrogens is 500 g/mol. The zero-order valence-electron chi connectivity index (χ0n) is 11.9. The van der Waals surface area contributed by atoms with E-state index in [4.69, 9.17) is 4.74 Å². The molecule has 2 rings (SSSR count). The van der Waals surface area contributed by atoms with Gasteiger partial charge in [0, 0.05) is 22.5 Å². The number of benzene rings is 2. The van der Waals surface area contributed by atoms with Crippen molar-refractivity contribution in [1.29, 1.82) is 0 Å². The van der Waals surface area contributed by atoms with E-state index in [2.05, 4.69) is 47.8 Å². The van der Waals surface area contributed by atoms with Crippen LogP contribution >= 0.6 is 47.8 Å². The van der Waals surface area contributed by atoms with Gasteiger partial charge in [-0.3, -0.25) is 0 Å². The Hall–Kier alpha value is -1.12. The lowest BCUT2D eigenvalue weighted by Crippen LogP contribution is -2.00. The van der Waals surface area contributed by atoms with Gasteiger partial charge in [0.15, 0.2) is 23.0 Å². The number of halogens is 3. The van der Waals surface area contributed by atoms with Crippen LogP contribution in [0.4, 0.5) is 0 Å². The lowest BCUT2D eigenvalue weighted by molar-refractivity contribution is 0.330. The van der Waals surface area contributed by atoms with Gasteiger partial charge >= 0.3 is 0 Å². The molecule has 0 bridgehead atoms. The van der Waals surface area contributed by atoms with E-state index >= 15 is 0 Å². The van der Waals surface area contributed by atoms with Gasteiger partial charge < -0.3 is 25.2 Å². The van der Waals surface area contributed by atoms with Gasteiger partial charge in [-0.15, -0.1) is 0 Å². The van der Waals surface area contributed by atoms with Crippen LogP contribution < -0.4 is 4.74 Å². The zero-order valence-corrected chi connectivity index (χ0v) is 16.7. The third kappa shape index (κ3) is 3.54. The first-order valence-electron chi connectivity index (χ1n) is 6.52. The molecule has 0 aliphatic heterocycles. The van der Waals surface area contributed by atoms with Gasteiger partial charge in [0.1, 0.15) is 5.75 Å². The quantitative estimate of drug-likeness (QED) is 0.442. The van der Waals surface area contributed by atoms with E-state index in [9.17, 15) is 20.4 Å². The Balaban J connectivity index is 2.58. The number of ether oxygens (including phenoxy) is 1. The first-order chi connectivity index (χ1) is 10.8. The molecule has 0 saturated carbocycles. The number of phenols is 4. The van der Waals surface area contributed by atoms with E-state index < -0.39 is 0 Å². The molecular formula is C15H13Br3O5. The van der Waals surface area contributed by atoms with Gasteiger partial charge in [0.25, 0.3) is 0 Å². The van der Waals surface area contributed by atoms with Crippen molar-refractivity contribution in [3.05, 3.63) is 36.7 Å². The molecule has 23 heavy (non-hydrogen) atoms. The molecule has 4 N–H and O–H groups in total. The number of hydrogen-bond donors (Lipinski definition) is 4. The standard InChI is InChI=1S/C15H13Br3O5/c1-2-23-10-5-9(20)14(21)12(17)7(10)3-6-4-8(19)15(22)13(18)11(6)16/h4-5,19-22H,2-3H2,1H3. The Bertz CT molecular complexity index is 762. The molecule has 8 heteroatoms. The Morgan fingerprint density at radius 2 is 1.43 bits per heavy atom. The van der Waals surface area contributed by atoms with E-state index in [0.29, 0.717) is 36.9 Å². The minimum absolute atomic E-state index is 0.265. The largest absolute Gasteiger partial charge is 0.504 e. The normalized spacial score (nSPS) is 10.8. The molecule has 2 aromatic carbocycles. The van der Waals surface area contributed by atoms with E-state index in [1.54, 1.807) is 6.92 Å². The third-order valence-electron chi connectivity index (χ3n) is 3.18. The van der Waals surface area contributed by atoms with Crippen LogP contribution in [0.1, 0.15) is 18.1 Å². The van der Waals surface area contributed by atoms with Crippen molar-refractivity contribution in [2.45, 2.75) is 13.3 Å². The van der Waals surface area contributed by atoms with Crippen molar-refractivity contribution in [3.8, 4) is 28.7 Å². The van der Waals surface area contributed by atoms with Crippen molar-refractivity contribution in [3.63, 3.8) is 0 Å². The molecule has 124 valence electrons. The molecule has 0 aromatic heterocycles. The molecule has 0 radical (unpaired) electrons. The van der Waals surface area contributed by atoms with Crippen LogP contribution in [0.2, 0.25) is 0 Å². The van der Waals surface area contributed by atoms with Crippen LogP contribution in [0, 0.1) is 0 Å². The molecule has 0 aliphatic rings. The van der Waals surface area contributed by atoms with E-state index in [1.807, 2.05) is 0 Å². The first-order valence-corrected chi connectivity index (χ1v) is 8.90. The Morgan fingerprint density at radius 1 is 0.870 bits per heavy atom. The second-order valence-corrected chi connectivity index (χ2v) is 7.06. The Kier molecular flexibility index (Phi) is 5.70. The van der Waals surface area contributed by atoms with Crippen molar-refractivity contribution in [2.24, 2.45) is 0 Å². The summed E-state index contributed by atoms with van der Waals surface area (Å²) >= 11 is 9.81. The van der Waals surface area contributed by atoms with Crippen LogP contribution in [0.5, 0.6) is 28.7 Å². The molecule has 0 saturated heterocycles. The highest BCUT2D eigenvalue weighted by molar-refractivity contribution is 9.13. The summed E-state index contributed by atoms with van der Waals surface area (Å²) in [4.78, 5) is 0. The average Bonchev–Trinajstić information content (AvgIpc) is 2.52. The van der Waals surface area contributed by atoms with Gasteiger partial charge in [0.05, 0.1) is 15.6 Å². The maximum absolute atomic E-state index is 9.92. The van der Waals surface area contributed by atoms with Crippen LogP contribution in [0.3, 0.4) is 0 Å². The first kappa shape index (κ1) is 18.2. The highest BCUT2D eigenvalue weighted by Crippen LogP contribution is 2.46. The predicted octanol–water partition coefficient (Wildman–Crippen LogP) is 4.79. The maximum atomic E-state index is 9.92. The van der Waals surface area contributed by atoms with E-state index in [1.165, 1.54) is 12.1 Å². The smallest absolute Gasteiger partial charge is 0.173 e. The summed E-state index contributed by atoms with van der Waals surface area (Å²) in [6.45, 7) is 2.19. The Labute approximate surface area is 157 Å². The predicted molar refractivity (Wildman–Crippen MR) is 96.6 cm³/mol. The van der Waals surface area contributed by atoms with Gasteiger partial charge in [-0.25, -0.2) is 0 Å². The van der Waals surface area contributed by atoms with Crippen molar-refractivity contribution in [2.75, 3.05) is 6.61 Å². The number of hydrogen-bond acceptors (Lipinski definition) is 5. The molecule has 2 aromatic rings. The van der Waals surface area contributed by atoms with Gasteiger partial charge in [-0.1, -0.05) is 0 Å². The molecule has 0 aliphatic carbocycles. The fourth-order valence-electron chi connectivity index (χ4n) is 2.07. The lowest BCUT2D eigenvalue weighted by Gasteiger charge is -2.16. The van der Waals surface area contributed by atoms with E-state index in [-0.39, 0.29) is 29.4 Å². The molecule has 0 heterocycles. The SMILES string of the molecule is CCOc1cc(O)c(O)c(Br)c1Cc1cc(O)c(O)c(Br)c1Br. The molecule has 5 nitrogen and oxygen atoms in total. The maximum Gasteiger partial charge on any atom is 0.173 e. The summed E-state index contributed by atoms with van der Waals surface area (Å²) in [6, 6.07) is 2.75. The van der Waals surface area contributed by atoms with Crippen LogP contribution in [0.25, 0.3) is 0 Å². The summed E-state index contributed by atoms with van der Waals surface area (Å²) in [7, 11) is 0. The van der Waals surface area contributed by atoms with Crippen LogP contribution in [0.15, 0.2) is 25.6 Å². The molecule has 0 atom stereocenters. The second kappa shape index (κ2) is 7.19.